The first kappa shape index (κ1) is 16.2. The molecule has 0 aliphatic carbocycles. The van der Waals surface area contributed by atoms with E-state index in [-0.39, 0.29) is 21.7 Å². The van der Waals surface area contributed by atoms with E-state index in [4.69, 9.17) is 40.5 Å². The predicted molar refractivity (Wildman–Crippen MR) is 89.5 cm³/mol. The lowest BCUT2D eigenvalue weighted by atomic mass is 10.3. The van der Waals surface area contributed by atoms with E-state index in [0.29, 0.717) is 21.4 Å². The van der Waals surface area contributed by atoms with Crippen LogP contribution in [0.15, 0.2) is 35.5 Å². The highest BCUT2D eigenvalue weighted by molar-refractivity contribution is 8.00. The second kappa shape index (κ2) is 7.22. The molecule has 8 heteroatoms. The van der Waals surface area contributed by atoms with Crippen LogP contribution in [-0.2, 0) is 4.79 Å². The normalized spacial score (nSPS) is 10.4. The van der Waals surface area contributed by atoms with Gasteiger partial charge in [-0.1, -0.05) is 46.6 Å². The summed E-state index contributed by atoms with van der Waals surface area (Å²) in [5.74, 6) is -0.136. The molecule has 4 nitrogen and oxygen atoms in total. The zero-order valence-electron chi connectivity index (χ0n) is 10.6. The zero-order valence-corrected chi connectivity index (χ0v) is 13.7. The van der Waals surface area contributed by atoms with E-state index in [2.05, 4.69) is 10.3 Å². The molecular weight excluding hydrogens is 353 g/mol. The molecular formula is C13H10Cl3N3OS. The molecule has 0 atom stereocenters. The highest BCUT2D eigenvalue weighted by Gasteiger charge is 2.12. The molecule has 0 radical (unpaired) electrons. The Morgan fingerprint density at radius 3 is 2.52 bits per heavy atom. The van der Waals surface area contributed by atoms with E-state index in [0.717, 1.165) is 0 Å². The number of aromatic nitrogens is 1. The summed E-state index contributed by atoms with van der Waals surface area (Å²) in [6, 6.07) is 6.47. The van der Waals surface area contributed by atoms with Crippen LogP contribution in [0.1, 0.15) is 0 Å². The molecule has 21 heavy (non-hydrogen) atoms. The quantitative estimate of drug-likeness (QED) is 0.626. The Labute approximate surface area is 141 Å². The van der Waals surface area contributed by atoms with Gasteiger partial charge in [-0.15, -0.1) is 0 Å². The molecule has 0 bridgehead atoms. The maximum Gasteiger partial charge on any atom is 0.234 e. The number of hydrogen-bond acceptors (Lipinski definition) is 4. The highest BCUT2D eigenvalue weighted by Crippen LogP contribution is 2.33. The molecule has 1 aromatic carbocycles. The standard InChI is InChI=1S/C13H10Cl3N3OS/c14-8-2-1-3-18-13(8)21-6-11(20)19-12-9(15)4-7(17)5-10(12)16/h1-5H,6,17H2,(H,19,20). The van der Waals surface area contributed by atoms with Crippen LogP contribution in [0.5, 0.6) is 0 Å². The third kappa shape index (κ3) is 4.41. The van der Waals surface area contributed by atoms with Gasteiger partial charge in [0, 0.05) is 11.9 Å². The molecule has 0 saturated heterocycles. The summed E-state index contributed by atoms with van der Waals surface area (Å²) in [4.78, 5) is 16.0. The van der Waals surface area contributed by atoms with Crippen LogP contribution in [0.2, 0.25) is 15.1 Å². The molecule has 2 aromatic rings. The minimum Gasteiger partial charge on any atom is -0.399 e. The van der Waals surface area contributed by atoms with Crippen molar-refractivity contribution in [3.05, 3.63) is 45.5 Å². The Balaban J connectivity index is 2.01. The van der Waals surface area contributed by atoms with Gasteiger partial charge in [0.15, 0.2) is 0 Å². The Kier molecular flexibility index (Phi) is 5.58. The summed E-state index contributed by atoms with van der Waals surface area (Å²) < 4.78 is 0. The Morgan fingerprint density at radius 1 is 1.24 bits per heavy atom. The summed E-state index contributed by atoms with van der Waals surface area (Å²) in [5.41, 5.74) is 6.37. The molecule has 0 spiro atoms. The van der Waals surface area contributed by atoms with E-state index >= 15 is 0 Å². The van der Waals surface area contributed by atoms with Gasteiger partial charge < -0.3 is 11.1 Å². The van der Waals surface area contributed by atoms with E-state index in [9.17, 15) is 4.79 Å². The monoisotopic (exact) mass is 361 g/mol. The van der Waals surface area contributed by atoms with E-state index in [1.807, 2.05) is 0 Å². The van der Waals surface area contributed by atoms with Gasteiger partial charge in [0.05, 0.1) is 26.5 Å². The molecule has 0 aliphatic rings. The fourth-order valence-corrected chi connectivity index (χ4v) is 3.06. The first-order chi connectivity index (χ1) is 9.97. The number of nitrogens with two attached hydrogens (primary N) is 1. The number of carbonyl (C=O) groups excluding carboxylic acids is 1. The topological polar surface area (TPSA) is 68.0 Å². The van der Waals surface area contributed by atoms with Crippen molar-refractivity contribution in [1.29, 1.82) is 0 Å². The Morgan fingerprint density at radius 2 is 1.90 bits per heavy atom. The SMILES string of the molecule is Nc1cc(Cl)c(NC(=O)CSc2ncccc2Cl)c(Cl)c1. The average Bonchev–Trinajstić information content (AvgIpc) is 2.42. The molecule has 1 heterocycles. The fourth-order valence-electron chi connectivity index (χ4n) is 1.50. The van der Waals surface area contributed by atoms with Gasteiger partial charge in [-0.3, -0.25) is 4.79 Å². The summed E-state index contributed by atoms with van der Waals surface area (Å²) in [5, 5.41) is 4.30. The van der Waals surface area contributed by atoms with Crippen LogP contribution >= 0.6 is 46.6 Å². The van der Waals surface area contributed by atoms with Crippen LogP contribution in [0.3, 0.4) is 0 Å². The number of hydrogen-bond donors (Lipinski definition) is 2. The molecule has 2 rings (SSSR count). The zero-order chi connectivity index (χ0) is 15.4. The molecule has 1 amide bonds. The Hall–Kier alpha value is -1.14. The van der Waals surface area contributed by atoms with Crippen molar-refractivity contribution in [2.24, 2.45) is 0 Å². The number of nitrogens with one attached hydrogen (secondary N) is 1. The summed E-state index contributed by atoms with van der Waals surface area (Å²) >= 11 is 19.2. The van der Waals surface area contributed by atoms with Crippen molar-refractivity contribution in [2.75, 3.05) is 16.8 Å². The first-order valence-electron chi connectivity index (χ1n) is 5.75. The fraction of sp³-hybridized carbons (Fsp3) is 0.0769. The molecule has 110 valence electrons. The van der Waals surface area contributed by atoms with Gasteiger partial charge in [-0.2, -0.15) is 0 Å². The van der Waals surface area contributed by atoms with Crippen LogP contribution in [-0.4, -0.2) is 16.6 Å². The van der Waals surface area contributed by atoms with Gasteiger partial charge in [-0.25, -0.2) is 4.98 Å². The first-order valence-corrected chi connectivity index (χ1v) is 7.87. The van der Waals surface area contributed by atoms with Gasteiger partial charge in [0.1, 0.15) is 5.03 Å². The number of rotatable bonds is 4. The molecule has 0 fully saturated rings. The third-order valence-corrected chi connectivity index (χ3v) is 4.41. The van der Waals surface area contributed by atoms with Gasteiger partial charge in [0.25, 0.3) is 0 Å². The summed E-state index contributed by atoms with van der Waals surface area (Å²) in [6.45, 7) is 0. The summed E-state index contributed by atoms with van der Waals surface area (Å²) in [6.07, 6.45) is 1.61. The van der Waals surface area contributed by atoms with Crippen molar-refractivity contribution < 1.29 is 4.79 Å². The molecule has 1 aromatic heterocycles. The number of benzene rings is 1. The van der Waals surface area contributed by atoms with Crippen molar-refractivity contribution in [3.8, 4) is 0 Å². The van der Waals surface area contributed by atoms with Crippen molar-refractivity contribution >= 4 is 63.8 Å². The van der Waals surface area contributed by atoms with Crippen molar-refractivity contribution in [2.45, 2.75) is 5.03 Å². The maximum absolute atomic E-state index is 11.9. The Bertz CT molecular complexity index is 658. The second-order valence-electron chi connectivity index (χ2n) is 3.99. The van der Waals surface area contributed by atoms with Crippen LogP contribution in [0.4, 0.5) is 11.4 Å². The van der Waals surface area contributed by atoms with Crippen LogP contribution < -0.4 is 11.1 Å². The minimum atomic E-state index is -0.268. The number of carbonyl (C=O) groups is 1. The average molecular weight is 363 g/mol. The maximum atomic E-state index is 11.9. The second-order valence-corrected chi connectivity index (χ2v) is 6.17. The lowest BCUT2D eigenvalue weighted by Gasteiger charge is -2.10. The third-order valence-electron chi connectivity index (χ3n) is 2.39. The van der Waals surface area contributed by atoms with Crippen molar-refractivity contribution in [3.63, 3.8) is 0 Å². The number of nitrogens with zero attached hydrogens (tertiary/aromatic N) is 1. The van der Waals surface area contributed by atoms with Gasteiger partial charge >= 0.3 is 0 Å². The van der Waals surface area contributed by atoms with Crippen LogP contribution in [0.25, 0.3) is 0 Å². The number of thioether (sulfide) groups is 1. The number of amides is 1. The molecule has 0 aliphatic heterocycles. The van der Waals surface area contributed by atoms with Gasteiger partial charge in [-0.05, 0) is 24.3 Å². The van der Waals surface area contributed by atoms with Crippen LogP contribution in [0, 0.1) is 0 Å². The number of nitrogen functional groups attached to an aromatic ring is 1. The van der Waals surface area contributed by atoms with E-state index < -0.39 is 0 Å². The molecule has 3 N–H and O–H groups in total. The highest BCUT2D eigenvalue weighted by atomic mass is 35.5. The lowest BCUT2D eigenvalue weighted by molar-refractivity contribution is -0.113. The van der Waals surface area contributed by atoms with Crippen molar-refractivity contribution in [1.82, 2.24) is 4.98 Å². The smallest absolute Gasteiger partial charge is 0.234 e. The van der Waals surface area contributed by atoms with E-state index in [1.165, 1.54) is 23.9 Å². The number of anilines is 2. The number of pyridine rings is 1. The van der Waals surface area contributed by atoms with Gasteiger partial charge in [0.2, 0.25) is 5.91 Å². The van der Waals surface area contributed by atoms with E-state index in [1.54, 1.807) is 18.3 Å². The lowest BCUT2D eigenvalue weighted by Crippen LogP contribution is -2.15. The minimum absolute atomic E-state index is 0.133. The largest absolute Gasteiger partial charge is 0.399 e. The molecule has 0 unspecified atom stereocenters. The predicted octanol–water partition coefficient (Wildman–Crippen LogP) is 4.35. The number of halogens is 3. The summed E-state index contributed by atoms with van der Waals surface area (Å²) in [7, 11) is 0. The molecule has 0 saturated carbocycles.